The second-order valence-electron chi connectivity index (χ2n) is 5.08. The maximum atomic E-state index is 11.2. The summed E-state index contributed by atoms with van der Waals surface area (Å²) in [5, 5.41) is 9.21. The summed E-state index contributed by atoms with van der Waals surface area (Å²) in [6, 6.07) is 5.92. The Bertz CT molecular complexity index is 633. The molecule has 2 aromatic rings. The molecule has 1 aromatic carbocycles. The van der Waals surface area contributed by atoms with Crippen LogP contribution < -0.4 is 0 Å². The Morgan fingerprint density at radius 2 is 1.95 bits per heavy atom. The van der Waals surface area contributed by atoms with E-state index in [-0.39, 0.29) is 11.7 Å². The van der Waals surface area contributed by atoms with Crippen LogP contribution in [0.3, 0.4) is 0 Å². The molecule has 4 heteroatoms. The number of aromatic carboxylic acids is 1. The highest BCUT2D eigenvalue weighted by Gasteiger charge is 2.34. The number of oxazole rings is 1. The fourth-order valence-electron chi connectivity index (χ4n) is 2.38. The number of hydrogen-bond acceptors (Lipinski definition) is 3. The molecule has 1 fully saturated rings. The average molecular weight is 257 g/mol. The van der Waals surface area contributed by atoms with Gasteiger partial charge >= 0.3 is 5.97 Å². The van der Waals surface area contributed by atoms with E-state index in [1.807, 2.05) is 32.0 Å². The van der Waals surface area contributed by atoms with Gasteiger partial charge < -0.3 is 9.52 Å². The summed E-state index contributed by atoms with van der Waals surface area (Å²) in [6.45, 7) is 3.95. The summed E-state index contributed by atoms with van der Waals surface area (Å²) in [5.41, 5.74) is 3.59. The van der Waals surface area contributed by atoms with Crippen LogP contribution in [-0.4, -0.2) is 16.1 Å². The topological polar surface area (TPSA) is 63.3 Å². The van der Waals surface area contributed by atoms with E-state index in [2.05, 4.69) is 4.98 Å². The average Bonchev–Trinajstić information content (AvgIpc) is 3.09. The molecule has 1 heterocycles. The number of carboxylic acid groups (broad SMARTS) is 1. The number of hydrogen-bond donors (Lipinski definition) is 1. The Morgan fingerprint density at radius 1 is 1.32 bits per heavy atom. The van der Waals surface area contributed by atoms with Gasteiger partial charge in [-0.05, 0) is 37.8 Å². The maximum Gasteiger partial charge on any atom is 0.373 e. The van der Waals surface area contributed by atoms with Crippen molar-refractivity contribution >= 4 is 5.97 Å². The number of rotatable bonds is 3. The fourth-order valence-corrected chi connectivity index (χ4v) is 2.38. The van der Waals surface area contributed by atoms with Gasteiger partial charge in [-0.2, -0.15) is 0 Å². The van der Waals surface area contributed by atoms with E-state index in [1.165, 1.54) is 0 Å². The van der Waals surface area contributed by atoms with Crippen LogP contribution in [0.2, 0.25) is 0 Å². The Kier molecular flexibility index (Phi) is 2.66. The van der Waals surface area contributed by atoms with Gasteiger partial charge in [0.1, 0.15) is 0 Å². The lowest BCUT2D eigenvalue weighted by molar-refractivity contribution is 0.0661. The highest BCUT2D eigenvalue weighted by atomic mass is 16.4. The molecule has 4 nitrogen and oxygen atoms in total. The molecule has 0 atom stereocenters. The van der Waals surface area contributed by atoms with E-state index < -0.39 is 5.97 Å². The van der Waals surface area contributed by atoms with Crippen molar-refractivity contribution in [2.45, 2.75) is 32.6 Å². The second kappa shape index (κ2) is 4.23. The summed E-state index contributed by atoms with van der Waals surface area (Å²) in [5.74, 6) is -0.352. The lowest BCUT2D eigenvalue weighted by Crippen LogP contribution is -1.98. The normalized spacial score (nSPS) is 14.6. The first-order valence-corrected chi connectivity index (χ1v) is 6.38. The molecule has 1 aliphatic carbocycles. The summed E-state index contributed by atoms with van der Waals surface area (Å²) >= 11 is 0. The second-order valence-corrected chi connectivity index (χ2v) is 5.08. The third-order valence-corrected chi connectivity index (χ3v) is 3.51. The van der Waals surface area contributed by atoms with Gasteiger partial charge in [0, 0.05) is 11.5 Å². The minimum Gasteiger partial charge on any atom is -0.475 e. The van der Waals surface area contributed by atoms with Crippen LogP contribution in [0.5, 0.6) is 0 Å². The highest BCUT2D eigenvalue weighted by Crippen LogP contribution is 2.42. The van der Waals surface area contributed by atoms with E-state index in [0.29, 0.717) is 11.6 Å². The number of carboxylic acids is 1. The zero-order chi connectivity index (χ0) is 13.6. The van der Waals surface area contributed by atoms with E-state index in [1.54, 1.807) is 0 Å². The van der Waals surface area contributed by atoms with Crippen LogP contribution >= 0.6 is 0 Å². The van der Waals surface area contributed by atoms with Crippen molar-refractivity contribution in [1.82, 2.24) is 4.98 Å². The first-order valence-electron chi connectivity index (χ1n) is 6.38. The molecule has 1 aromatic heterocycles. The molecule has 0 unspecified atom stereocenters. The lowest BCUT2D eigenvalue weighted by atomic mass is 10.0. The molecule has 3 rings (SSSR count). The van der Waals surface area contributed by atoms with Crippen molar-refractivity contribution < 1.29 is 14.3 Å². The van der Waals surface area contributed by atoms with Crippen molar-refractivity contribution in [1.29, 1.82) is 0 Å². The molecular weight excluding hydrogens is 242 g/mol. The number of carbonyl (C=O) groups is 1. The highest BCUT2D eigenvalue weighted by molar-refractivity contribution is 5.86. The van der Waals surface area contributed by atoms with Crippen molar-refractivity contribution in [2.75, 3.05) is 0 Å². The minimum absolute atomic E-state index is 0.000142. The molecule has 1 N–H and O–H groups in total. The first kappa shape index (κ1) is 12.0. The smallest absolute Gasteiger partial charge is 0.373 e. The standard InChI is InChI=1S/C15H15NO3/c1-8-4-3-5-9(2)11(8)14-16-12(10-6-7-10)13(19-14)15(17)18/h3-5,10H,6-7H2,1-2H3,(H,17,18). The summed E-state index contributed by atoms with van der Waals surface area (Å²) in [4.78, 5) is 15.7. The number of aryl methyl sites for hydroxylation is 2. The van der Waals surface area contributed by atoms with Crippen molar-refractivity contribution in [3.63, 3.8) is 0 Å². The van der Waals surface area contributed by atoms with Crippen molar-refractivity contribution in [3.8, 4) is 11.5 Å². The molecule has 19 heavy (non-hydrogen) atoms. The Hall–Kier alpha value is -2.10. The van der Waals surface area contributed by atoms with Crippen molar-refractivity contribution in [2.24, 2.45) is 0 Å². The van der Waals surface area contributed by atoms with Crippen LogP contribution in [0.4, 0.5) is 0 Å². The summed E-state index contributed by atoms with van der Waals surface area (Å²) in [7, 11) is 0. The predicted octanol–water partition coefficient (Wildman–Crippen LogP) is 3.53. The monoisotopic (exact) mass is 257 g/mol. The molecule has 0 radical (unpaired) electrons. The minimum atomic E-state index is -1.04. The van der Waals surface area contributed by atoms with Crippen LogP contribution in [0, 0.1) is 13.8 Å². The molecular formula is C15H15NO3. The van der Waals surface area contributed by atoms with Gasteiger partial charge in [0.05, 0.1) is 5.69 Å². The van der Waals surface area contributed by atoms with E-state index in [0.717, 1.165) is 29.5 Å². The Morgan fingerprint density at radius 3 is 2.47 bits per heavy atom. The Balaban J connectivity index is 2.16. The maximum absolute atomic E-state index is 11.2. The first-order chi connectivity index (χ1) is 9.08. The zero-order valence-electron chi connectivity index (χ0n) is 10.9. The van der Waals surface area contributed by atoms with E-state index >= 15 is 0 Å². The van der Waals surface area contributed by atoms with Crippen LogP contribution in [0.1, 0.15) is 46.1 Å². The van der Waals surface area contributed by atoms with Gasteiger partial charge in [0.2, 0.25) is 11.7 Å². The van der Waals surface area contributed by atoms with Gasteiger partial charge in [-0.3, -0.25) is 0 Å². The van der Waals surface area contributed by atoms with Gasteiger partial charge in [0.15, 0.2) is 0 Å². The van der Waals surface area contributed by atoms with Crippen LogP contribution in [-0.2, 0) is 0 Å². The van der Waals surface area contributed by atoms with Gasteiger partial charge in [-0.1, -0.05) is 18.2 Å². The molecule has 0 spiro atoms. The van der Waals surface area contributed by atoms with Gasteiger partial charge in [0.25, 0.3) is 0 Å². The molecule has 0 bridgehead atoms. The summed E-state index contributed by atoms with van der Waals surface area (Å²) in [6.07, 6.45) is 2.00. The molecule has 98 valence electrons. The zero-order valence-corrected chi connectivity index (χ0v) is 10.9. The third-order valence-electron chi connectivity index (χ3n) is 3.51. The molecule has 1 aliphatic rings. The lowest BCUT2D eigenvalue weighted by Gasteiger charge is -2.04. The molecule has 0 amide bonds. The van der Waals surface area contributed by atoms with E-state index in [4.69, 9.17) is 4.42 Å². The van der Waals surface area contributed by atoms with Crippen molar-refractivity contribution in [3.05, 3.63) is 40.8 Å². The molecule has 0 aliphatic heterocycles. The summed E-state index contributed by atoms with van der Waals surface area (Å²) < 4.78 is 5.51. The third kappa shape index (κ3) is 2.03. The Labute approximate surface area is 111 Å². The number of aromatic nitrogens is 1. The number of nitrogens with zero attached hydrogens (tertiary/aromatic N) is 1. The fraction of sp³-hybridized carbons (Fsp3) is 0.333. The molecule has 1 saturated carbocycles. The number of benzene rings is 1. The van der Waals surface area contributed by atoms with Crippen LogP contribution in [0.25, 0.3) is 11.5 Å². The largest absolute Gasteiger partial charge is 0.475 e. The SMILES string of the molecule is Cc1cccc(C)c1-c1nc(C2CC2)c(C(=O)O)o1. The van der Waals surface area contributed by atoms with Crippen LogP contribution in [0.15, 0.2) is 22.6 Å². The quantitative estimate of drug-likeness (QED) is 0.913. The van der Waals surface area contributed by atoms with Gasteiger partial charge in [-0.15, -0.1) is 0 Å². The molecule has 0 saturated heterocycles. The van der Waals surface area contributed by atoms with Gasteiger partial charge in [-0.25, -0.2) is 9.78 Å². The predicted molar refractivity (Wildman–Crippen MR) is 70.3 cm³/mol. The van der Waals surface area contributed by atoms with E-state index in [9.17, 15) is 9.90 Å².